The average Bonchev–Trinajstić information content (AvgIpc) is 3.27. The van der Waals surface area contributed by atoms with Crippen molar-refractivity contribution in [1.29, 1.82) is 0 Å². The molecule has 27 heavy (non-hydrogen) atoms. The summed E-state index contributed by atoms with van der Waals surface area (Å²) in [4.78, 5) is 26.1. The Morgan fingerprint density at radius 2 is 1.15 bits per heavy atom. The van der Waals surface area contributed by atoms with E-state index in [9.17, 15) is 9.59 Å². The lowest BCUT2D eigenvalue weighted by Gasteiger charge is -2.26. The summed E-state index contributed by atoms with van der Waals surface area (Å²) in [7, 11) is 0. The van der Waals surface area contributed by atoms with Gasteiger partial charge in [-0.05, 0) is 74.4 Å². The molecule has 2 aliphatic carbocycles. The highest BCUT2D eigenvalue weighted by Crippen LogP contribution is 2.49. The van der Waals surface area contributed by atoms with Crippen molar-refractivity contribution in [2.75, 3.05) is 10.6 Å². The molecule has 4 nitrogen and oxygen atoms in total. The van der Waals surface area contributed by atoms with Crippen LogP contribution in [0.1, 0.15) is 6.42 Å². The van der Waals surface area contributed by atoms with E-state index in [1.165, 1.54) is 0 Å². The summed E-state index contributed by atoms with van der Waals surface area (Å²) in [6, 6.07) is 15.0. The zero-order valence-corrected chi connectivity index (χ0v) is 17.5. The lowest BCUT2D eigenvalue weighted by molar-refractivity contribution is -0.129. The van der Waals surface area contributed by atoms with Crippen molar-refractivity contribution in [2.45, 2.75) is 6.42 Å². The molecule has 0 aliphatic heterocycles. The van der Waals surface area contributed by atoms with Crippen LogP contribution in [0, 0.1) is 23.7 Å². The number of carbonyl (C=O) groups excluding carboxylic acids is 2. The lowest BCUT2D eigenvalue weighted by atomic mass is 9.81. The summed E-state index contributed by atoms with van der Waals surface area (Å²) in [6.07, 6.45) is 5.01. The summed E-state index contributed by atoms with van der Waals surface area (Å²) in [6.45, 7) is 0. The number of rotatable bonds is 4. The van der Waals surface area contributed by atoms with E-state index in [2.05, 4.69) is 54.6 Å². The summed E-state index contributed by atoms with van der Waals surface area (Å²) in [5, 5.41) is 5.98. The van der Waals surface area contributed by atoms with Gasteiger partial charge in [-0.2, -0.15) is 0 Å². The molecule has 0 heterocycles. The standard InChI is InChI=1S/C21H18Br2N2O2/c22-14-5-1-3-7-16(14)24-20(26)18-12-9-10-13(11-12)19(18)21(27)25-17-8-4-2-6-15(17)23/h1-10,12-13,18-19H,11H2,(H,24,26)(H,25,27)/t12-,13-,18-,19+/m0/s1. The molecule has 2 bridgehead atoms. The maximum Gasteiger partial charge on any atom is 0.228 e. The molecule has 4 atom stereocenters. The molecule has 2 aromatic rings. The Kier molecular flexibility index (Phi) is 5.19. The molecule has 2 aromatic carbocycles. The average molecular weight is 490 g/mol. The Morgan fingerprint density at radius 1 is 0.741 bits per heavy atom. The van der Waals surface area contributed by atoms with E-state index >= 15 is 0 Å². The van der Waals surface area contributed by atoms with E-state index in [0.717, 1.165) is 26.7 Å². The minimum Gasteiger partial charge on any atom is -0.325 e. The molecule has 0 aromatic heterocycles. The first-order valence-corrected chi connectivity index (χ1v) is 10.4. The smallest absolute Gasteiger partial charge is 0.228 e. The highest BCUT2D eigenvalue weighted by Gasteiger charge is 2.51. The molecule has 2 amide bonds. The van der Waals surface area contributed by atoms with Gasteiger partial charge in [0.15, 0.2) is 0 Å². The molecule has 0 radical (unpaired) electrons. The Hall–Kier alpha value is -1.92. The third-order valence-electron chi connectivity index (χ3n) is 5.33. The summed E-state index contributed by atoms with van der Waals surface area (Å²) in [5.74, 6) is -0.735. The molecule has 2 aliphatic rings. The van der Waals surface area contributed by atoms with Crippen LogP contribution in [0.3, 0.4) is 0 Å². The monoisotopic (exact) mass is 488 g/mol. The Morgan fingerprint density at radius 3 is 1.56 bits per heavy atom. The predicted molar refractivity (Wildman–Crippen MR) is 113 cm³/mol. The molecule has 6 heteroatoms. The van der Waals surface area contributed by atoms with Gasteiger partial charge in [-0.15, -0.1) is 0 Å². The van der Waals surface area contributed by atoms with Gasteiger partial charge in [0.1, 0.15) is 0 Å². The Bertz CT molecular complexity index is 854. The van der Waals surface area contributed by atoms with Gasteiger partial charge in [0.2, 0.25) is 11.8 Å². The van der Waals surface area contributed by atoms with Crippen molar-refractivity contribution in [2.24, 2.45) is 23.7 Å². The van der Waals surface area contributed by atoms with Crippen LogP contribution in [0.15, 0.2) is 69.6 Å². The molecular weight excluding hydrogens is 472 g/mol. The molecule has 138 valence electrons. The number of amides is 2. The molecule has 4 rings (SSSR count). The maximum absolute atomic E-state index is 13.0. The van der Waals surface area contributed by atoms with Crippen LogP contribution in [0.5, 0.6) is 0 Å². The van der Waals surface area contributed by atoms with Gasteiger partial charge < -0.3 is 10.6 Å². The van der Waals surface area contributed by atoms with Gasteiger partial charge >= 0.3 is 0 Å². The fraction of sp³-hybridized carbons (Fsp3) is 0.238. The normalized spacial score (nSPS) is 25.4. The van der Waals surface area contributed by atoms with Gasteiger partial charge in [-0.3, -0.25) is 9.59 Å². The van der Waals surface area contributed by atoms with Crippen molar-refractivity contribution in [1.82, 2.24) is 0 Å². The molecule has 0 saturated heterocycles. The topological polar surface area (TPSA) is 58.2 Å². The number of hydrogen-bond acceptors (Lipinski definition) is 2. The minimum atomic E-state index is -0.366. The van der Waals surface area contributed by atoms with Crippen molar-refractivity contribution in [3.05, 3.63) is 69.6 Å². The second kappa shape index (κ2) is 7.60. The Labute approximate surface area is 174 Å². The first-order valence-electron chi connectivity index (χ1n) is 8.83. The van der Waals surface area contributed by atoms with Crippen LogP contribution in [0.25, 0.3) is 0 Å². The maximum atomic E-state index is 13.0. The van der Waals surface area contributed by atoms with Crippen molar-refractivity contribution in [3.8, 4) is 0 Å². The van der Waals surface area contributed by atoms with E-state index < -0.39 is 0 Å². The van der Waals surface area contributed by atoms with E-state index in [4.69, 9.17) is 0 Å². The number of nitrogens with one attached hydrogen (secondary N) is 2. The van der Waals surface area contributed by atoms with Crippen LogP contribution in [0.4, 0.5) is 11.4 Å². The van der Waals surface area contributed by atoms with Crippen molar-refractivity contribution >= 4 is 55.0 Å². The van der Waals surface area contributed by atoms with Crippen molar-refractivity contribution < 1.29 is 9.59 Å². The zero-order valence-electron chi connectivity index (χ0n) is 14.4. The third kappa shape index (κ3) is 3.60. The van der Waals surface area contributed by atoms with E-state index in [1.807, 2.05) is 48.5 Å². The van der Waals surface area contributed by atoms with Crippen LogP contribution >= 0.6 is 31.9 Å². The summed E-state index contributed by atoms with van der Waals surface area (Å²) in [5.41, 5.74) is 1.44. The van der Waals surface area contributed by atoms with Crippen LogP contribution in [-0.4, -0.2) is 11.8 Å². The van der Waals surface area contributed by atoms with Crippen LogP contribution in [0.2, 0.25) is 0 Å². The molecule has 0 spiro atoms. The molecular formula is C21H18Br2N2O2. The predicted octanol–water partition coefficient (Wildman–Crippen LogP) is 5.23. The first-order chi connectivity index (χ1) is 13.0. The second-order valence-corrected chi connectivity index (χ2v) is 8.65. The fourth-order valence-electron chi connectivity index (χ4n) is 4.09. The number of benzene rings is 2. The quantitative estimate of drug-likeness (QED) is 0.578. The minimum absolute atomic E-state index is 0.104. The number of allylic oxidation sites excluding steroid dienone is 2. The van der Waals surface area contributed by atoms with Gasteiger partial charge in [-0.25, -0.2) is 0 Å². The van der Waals surface area contributed by atoms with Gasteiger partial charge in [0, 0.05) is 8.95 Å². The second-order valence-electron chi connectivity index (χ2n) is 6.94. The molecule has 1 fully saturated rings. The van der Waals surface area contributed by atoms with Crippen LogP contribution < -0.4 is 10.6 Å². The van der Waals surface area contributed by atoms with E-state index in [-0.39, 0.29) is 35.5 Å². The number of para-hydroxylation sites is 2. The largest absolute Gasteiger partial charge is 0.325 e. The van der Waals surface area contributed by atoms with E-state index in [0.29, 0.717) is 0 Å². The first kappa shape index (κ1) is 18.4. The number of halogens is 2. The third-order valence-corrected chi connectivity index (χ3v) is 6.71. The Balaban J connectivity index is 1.55. The van der Waals surface area contributed by atoms with E-state index in [1.54, 1.807) is 0 Å². The molecule has 0 unspecified atom stereocenters. The highest BCUT2D eigenvalue weighted by molar-refractivity contribution is 9.11. The summed E-state index contributed by atoms with van der Waals surface area (Å²) < 4.78 is 1.65. The number of anilines is 2. The number of hydrogen-bond donors (Lipinski definition) is 2. The SMILES string of the molecule is O=C(Nc1ccccc1Br)[C@@H]1[C@H](C(=O)Nc2ccccc2Br)[C@H]2C=C[C@H]1C2. The van der Waals surface area contributed by atoms with Gasteiger partial charge in [0.25, 0.3) is 0 Å². The molecule has 2 N–H and O–H groups in total. The van der Waals surface area contributed by atoms with Crippen molar-refractivity contribution in [3.63, 3.8) is 0 Å². The summed E-state index contributed by atoms with van der Waals surface area (Å²) >= 11 is 6.91. The molecule has 1 saturated carbocycles. The zero-order chi connectivity index (χ0) is 19.0. The van der Waals surface area contributed by atoms with Gasteiger partial charge in [-0.1, -0.05) is 36.4 Å². The van der Waals surface area contributed by atoms with Gasteiger partial charge in [0.05, 0.1) is 23.2 Å². The highest BCUT2D eigenvalue weighted by atomic mass is 79.9. The number of carbonyl (C=O) groups is 2. The fourth-order valence-corrected chi connectivity index (χ4v) is 4.86. The van der Waals surface area contributed by atoms with Crippen LogP contribution in [-0.2, 0) is 9.59 Å². The lowest BCUT2D eigenvalue weighted by Crippen LogP contribution is -2.39. The number of fused-ring (bicyclic) bond motifs is 2.